The van der Waals surface area contributed by atoms with E-state index in [4.69, 9.17) is 0 Å². The van der Waals surface area contributed by atoms with Gasteiger partial charge in [-0.05, 0) is 12.1 Å². The highest BCUT2D eigenvalue weighted by Crippen LogP contribution is 2.08. The number of H-pyrrole nitrogens is 1. The number of carbonyl (C=O) groups is 1. The first-order valence-electron chi connectivity index (χ1n) is 3.85. The van der Waals surface area contributed by atoms with E-state index in [1.54, 1.807) is 0 Å². The lowest BCUT2D eigenvalue weighted by Crippen LogP contribution is -2.11. The van der Waals surface area contributed by atoms with Crippen molar-refractivity contribution in [3.8, 4) is 0 Å². The average molecular weight is 192 g/mol. The quantitative estimate of drug-likeness (QED) is 0.682. The number of aldehydes is 1. The van der Waals surface area contributed by atoms with Crippen molar-refractivity contribution >= 4 is 17.2 Å². The normalized spacial score (nSPS) is 10.4. The molecule has 5 heteroatoms. The van der Waals surface area contributed by atoms with Gasteiger partial charge in [0, 0.05) is 6.07 Å². The third-order valence-electron chi connectivity index (χ3n) is 1.80. The molecule has 14 heavy (non-hydrogen) atoms. The van der Waals surface area contributed by atoms with Gasteiger partial charge in [-0.3, -0.25) is 9.59 Å². The van der Waals surface area contributed by atoms with Crippen LogP contribution < -0.4 is 5.56 Å². The summed E-state index contributed by atoms with van der Waals surface area (Å²) in [5.41, 5.74) is -0.270. The van der Waals surface area contributed by atoms with Crippen LogP contribution >= 0.6 is 0 Å². The molecule has 0 bridgehead atoms. The molecule has 1 N–H and O–H groups in total. The van der Waals surface area contributed by atoms with Crippen molar-refractivity contribution in [1.82, 2.24) is 9.97 Å². The molecule has 0 spiro atoms. The van der Waals surface area contributed by atoms with Gasteiger partial charge in [0.15, 0.2) is 12.1 Å². The summed E-state index contributed by atoms with van der Waals surface area (Å²) in [6, 6.07) is 3.60. The molecule has 1 heterocycles. The number of nitrogens with zero attached hydrogens (tertiary/aromatic N) is 1. The standard InChI is InChI=1S/C9H5FN2O2/c10-5-1-2-6-7(3-5)11-8(4-13)12-9(6)14/h1-4H,(H,11,12,14). The van der Waals surface area contributed by atoms with E-state index in [1.165, 1.54) is 12.1 Å². The van der Waals surface area contributed by atoms with Crippen LogP contribution in [0, 0.1) is 5.82 Å². The minimum absolute atomic E-state index is 0.104. The number of rotatable bonds is 1. The summed E-state index contributed by atoms with van der Waals surface area (Å²) in [5.74, 6) is -0.597. The van der Waals surface area contributed by atoms with Crippen LogP contribution in [0.1, 0.15) is 10.6 Å². The molecule has 2 rings (SSSR count). The van der Waals surface area contributed by atoms with Gasteiger partial charge in [0.2, 0.25) is 0 Å². The summed E-state index contributed by atoms with van der Waals surface area (Å²) in [7, 11) is 0. The second-order valence-corrected chi connectivity index (χ2v) is 2.73. The van der Waals surface area contributed by atoms with Crippen molar-refractivity contribution < 1.29 is 9.18 Å². The molecule has 1 aromatic heterocycles. The summed E-state index contributed by atoms with van der Waals surface area (Å²) in [6.45, 7) is 0. The topological polar surface area (TPSA) is 62.8 Å². The Kier molecular flexibility index (Phi) is 1.85. The van der Waals surface area contributed by atoms with E-state index in [0.29, 0.717) is 6.29 Å². The molecule has 0 amide bonds. The van der Waals surface area contributed by atoms with Gasteiger partial charge >= 0.3 is 0 Å². The maximum atomic E-state index is 12.8. The van der Waals surface area contributed by atoms with Crippen LogP contribution in [-0.2, 0) is 0 Å². The molecule has 0 aliphatic rings. The third kappa shape index (κ3) is 1.28. The van der Waals surface area contributed by atoms with Crippen LogP contribution in [0.2, 0.25) is 0 Å². The maximum absolute atomic E-state index is 12.8. The van der Waals surface area contributed by atoms with Crippen molar-refractivity contribution in [1.29, 1.82) is 0 Å². The Labute approximate surface area is 77.4 Å². The molecule has 0 aliphatic carbocycles. The third-order valence-corrected chi connectivity index (χ3v) is 1.80. The summed E-state index contributed by atoms with van der Waals surface area (Å²) in [4.78, 5) is 27.7. The van der Waals surface area contributed by atoms with E-state index in [9.17, 15) is 14.0 Å². The van der Waals surface area contributed by atoms with Gasteiger partial charge in [0.25, 0.3) is 5.56 Å². The van der Waals surface area contributed by atoms with E-state index in [2.05, 4.69) is 9.97 Å². The molecule has 0 unspecified atom stereocenters. The Hall–Kier alpha value is -2.04. The SMILES string of the molecule is O=Cc1nc2cc(F)ccc2c(=O)[nH]1. The monoisotopic (exact) mass is 192 g/mol. The van der Waals surface area contributed by atoms with Crippen molar-refractivity contribution in [3.05, 3.63) is 40.2 Å². The number of halogens is 1. The Balaban J connectivity index is 2.90. The van der Waals surface area contributed by atoms with Gasteiger partial charge in [0.1, 0.15) is 5.82 Å². The summed E-state index contributed by atoms with van der Waals surface area (Å²) in [5, 5.41) is 0.261. The van der Waals surface area contributed by atoms with Crippen molar-refractivity contribution in [3.63, 3.8) is 0 Å². The molecule has 1 aromatic carbocycles. The van der Waals surface area contributed by atoms with Crippen molar-refractivity contribution in [2.24, 2.45) is 0 Å². The van der Waals surface area contributed by atoms with Crippen LogP contribution in [-0.4, -0.2) is 16.3 Å². The van der Waals surface area contributed by atoms with Crippen LogP contribution in [0.5, 0.6) is 0 Å². The highest BCUT2D eigenvalue weighted by Gasteiger charge is 2.03. The van der Waals surface area contributed by atoms with Crippen LogP contribution in [0.15, 0.2) is 23.0 Å². The number of fused-ring (bicyclic) bond motifs is 1. The average Bonchev–Trinajstić information content (AvgIpc) is 2.16. The molecule has 0 fully saturated rings. The first-order valence-corrected chi connectivity index (χ1v) is 3.85. The zero-order chi connectivity index (χ0) is 10.1. The van der Waals surface area contributed by atoms with Crippen LogP contribution in [0.3, 0.4) is 0 Å². The second-order valence-electron chi connectivity index (χ2n) is 2.73. The van der Waals surface area contributed by atoms with Crippen molar-refractivity contribution in [2.75, 3.05) is 0 Å². The first kappa shape index (κ1) is 8.55. The fourth-order valence-corrected chi connectivity index (χ4v) is 1.19. The van der Waals surface area contributed by atoms with E-state index < -0.39 is 11.4 Å². The fourth-order valence-electron chi connectivity index (χ4n) is 1.19. The lowest BCUT2D eigenvalue weighted by molar-refractivity contribution is 0.111. The van der Waals surface area contributed by atoms with Crippen molar-refractivity contribution in [2.45, 2.75) is 0 Å². The number of nitrogens with one attached hydrogen (secondary N) is 1. The molecule has 0 saturated carbocycles. The minimum Gasteiger partial charge on any atom is -0.304 e. The highest BCUT2D eigenvalue weighted by atomic mass is 19.1. The number of hydrogen-bond acceptors (Lipinski definition) is 3. The minimum atomic E-state index is -0.493. The van der Waals surface area contributed by atoms with E-state index in [1.807, 2.05) is 0 Å². The predicted molar refractivity (Wildman–Crippen MR) is 47.7 cm³/mol. The van der Waals surface area contributed by atoms with Gasteiger partial charge < -0.3 is 4.98 Å². The number of hydrogen-bond donors (Lipinski definition) is 1. The number of carbonyl (C=O) groups excluding carboxylic acids is 1. The molecule has 70 valence electrons. The molecule has 2 aromatic rings. The molecule has 0 atom stereocenters. The molecule has 0 aliphatic heterocycles. The van der Waals surface area contributed by atoms with Gasteiger partial charge in [-0.25, -0.2) is 9.37 Å². The number of benzene rings is 1. The Bertz CT molecular complexity index is 562. The predicted octanol–water partition coefficient (Wildman–Crippen LogP) is 0.875. The van der Waals surface area contributed by atoms with Gasteiger partial charge in [-0.1, -0.05) is 0 Å². The summed E-state index contributed by atoms with van der Waals surface area (Å²) >= 11 is 0. The zero-order valence-electron chi connectivity index (χ0n) is 6.95. The van der Waals surface area contributed by atoms with E-state index in [0.717, 1.165) is 6.07 Å². The lowest BCUT2D eigenvalue weighted by atomic mass is 10.2. The molecular weight excluding hydrogens is 187 g/mol. The lowest BCUT2D eigenvalue weighted by Gasteiger charge is -1.96. The molecule has 4 nitrogen and oxygen atoms in total. The Morgan fingerprint density at radius 1 is 1.43 bits per heavy atom. The highest BCUT2D eigenvalue weighted by molar-refractivity contribution is 5.80. The van der Waals surface area contributed by atoms with Gasteiger partial charge in [-0.15, -0.1) is 0 Å². The van der Waals surface area contributed by atoms with E-state index >= 15 is 0 Å². The summed E-state index contributed by atoms with van der Waals surface area (Å²) < 4.78 is 12.8. The van der Waals surface area contributed by atoms with Gasteiger partial charge in [-0.2, -0.15) is 0 Å². The number of aromatic amines is 1. The second kappa shape index (κ2) is 3.02. The van der Waals surface area contributed by atoms with E-state index in [-0.39, 0.29) is 16.7 Å². The molecule has 0 radical (unpaired) electrons. The Morgan fingerprint density at radius 2 is 2.21 bits per heavy atom. The molecule has 0 saturated heterocycles. The fraction of sp³-hybridized carbons (Fsp3) is 0. The maximum Gasteiger partial charge on any atom is 0.259 e. The summed E-state index contributed by atoms with van der Waals surface area (Å²) in [6.07, 6.45) is 0.408. The van der Waals surface area contributed by atoms with Crippen LogP contribution in [0.4, 0.5) is 4.39 Å². The largest absolute Gasteiger partial charge is 0.304 e. The number of aromatic nitrogens is 2. The first-order chi connectivity index (χ1) is 6.70. The zero-order valence-corrected chi connectivity index (χ0v) is 6.95. The van der Waals surface area contributed by atoms with Gasteiger partial charge in [0.05, 0.1) is 10.9 Å². The Morgan fingerprint density at radius 3 is 2.93 bits per heavy atom. The smallest absolute Gasteiger partial charge is 0.259 e. The molecular formula is C9H5FN2O2. The van der Waals surface area contributed by atoms with Crippen LogP contribution in [0.25, 0.3) is 10.9 Å².